The molecule has 22 heavy (non-hydrogen) atoms. The monoisotopic (exact) mass is 325 g/mol. The van der Waals surface area contributed by atoms with E-state index in [9.17, 15) is 13.6 Å². The Morgan fingerprint density at radius 3 is 3.05 bits per heavy atom. The molecule has 2 rings (SSSR count). The van der Waals surface area contributed by atoms with Crippen LogP contribution in [0.15, 0.2) is 28.7 Å². The number of thiazole rings is 1. The van der Waals surface area contributed by atoms with E-state index in [0.29, 0.717) is 17.4 Å². The quantitative estimate of drug-likeness (QED) is 0.504. The third kappa shape index (κ3) is 4.59. The summed E-state index contributed by atoms with van der Waals surface area (Å²) in [6.45, 7) is 2.05. The predicted octanol–water partition coefficient (Wildman–Crippen LogP) is 2.97. The highest BCUT2D eigenvalue weighted by atomic mass is 32.1. The number of halogens is 2. The molecule has 1 aromatic carbocycles. The minimum absolute atomic E-state index is 0.0856. The lowest BCUT2D eigenvalue weighted by atomic mass is 10.2. The molecular weight excluding hydrogens is 312 g/mol. The molecule has 116 valence electrons. The molecule has 0 saturated heterocycles. The molecule has 0 atom stereocenters. The van der Waals surface area contributed by atoms with Crippen LogP contribution in [0.5, 0.6) is 0 Å². The number of hydrogen-bond donors (Lipinski definition) is 1. The zero-order chi connectivity index (χ0) is 15.9. The van der Waals surface area contributed by atoms with Crippen molar-refractivity contribution in [2.24, 2.45) is 5.10 Å². The number of hydrogen-bond acceptors (Lipinski definition) is 6. The van der Waals surface area contributed by atoms with Gasteiger partial charge in [0, 0.05) is 17.0 Å². The summed E-state index contributed by atoms with van der Waals surface area (Å²) >= 11 is 1.25. The maximum Gasteiger partial charge on any atom is 0.311 e. The number of anilines is 1. The Balaban J connectivity index is 1.93. The molecule has 0 spiro atoms. The largest absolute Gasteiger partial charge is 0.466 e. The van der Waals surface area contributed by atoms with Gasteiger partial charge < -0.3 is 4.74 Å². The number of rotatable bonds is 6. The highest BCUT2D eigenvalue weighted by Gasteiger charge is 2.08. The predicted molar refractivity (Wildman–Crippen MR) is 80.0 cm³/mol. The van der Waals surface area contributed by atoms with Crippen molar-refractivity contribution in [2.75, 3.05) is 12.0 Å². The number of aromatic nitrogens is 1. The van der Waals surface area contributed by atoms with Crippen molar-refractivity contribution in [3.63, 3.8) is 0 Å². The molecule has 0 saturated carbocycles. The van der Waals surface area contributed by atoms with Gasteiger partial charge in [-0.3, -0.25) is 10.2 Å². The summed E-state index contributed by atoms with van der Waals surface area (Å²) in [5.74, 6) is -1.70. The summed E-state index contributed by atoms with van der Waals surface area (Å²) in [6, 6.07) is 3.21. The number of nitrogens with one attached hydrogen (secondary N) is 1. The second-order valence-electron chi connectivity index (χ2n) is 4.16. The van der Waals surface area contributed by atoms with Crippen LogP contribution in [0.3, 0.4) is 0 Å². The van der Waals surface area contributed by atoms with Crippen LogP contribution in [-0.4, -0.2) is 23.8 Å². The Morgan fingerprint density at radius 2 is 2.32 bits per heavy atom. The Kier molecular flexibility index (Phi) is 5.54. The van der Waals surface area contributed by atoms with E-state index in [0.717, 1.165) is 12.1 Å². The Bertz CT molecular complexity index is 688. The first kappa shape index (κ1) is 16.0. The van der Waals surface area contributed by atoms with Crippen molar-refractivity contribution >= 4 is 28.7 Å². The maximum absolute atomic E-state index is 13.4. The molecule has 1 N–H and O–H groups in total. The van der Waals surface area contributed by atoms with Crippen LogP contribution in [0, 0.1) is 11.6 Å². The van der Waals surface area contributed by atoms with Crippen molar-refractivity contribution in [1.82, 2.24) is 4.98 Å². The van der Waals surface area contributed by atoms with E-state index in [-0.39, 0.29) is 18.0 Å². The van der Waals surface area contributed by atoms with E-state index in [1.165, 1.54) is 23.6 Å². The van der Waals surface area contributed by atoms with Gasteiger partial charge in [0.05, 0.1) is 24.9 Å². The lowest BCUT2D eigenvalue weighted by Gasteiger charge is -1.98. The maximum atomic E-state index is 13.4. The Labute approximate surface area is 129 Å². The van der Waals surface area contributed by atoms with Gasteiger partial charge in [0.15, 0.2) is 0 Å². The Morgan fingerprint density at radius 1 is 1.50 bits per heavy atom. The van der Waals surface area contributed by atoms with E-state index in [2.05, 4.69) is 15.5 Å². The van der Waals surface area contributed by atoms with Crippen LogP contribution in [0.25, 0.3) is 0 Å². The van der Waals surface area contributed by atoms with E-state index >= 15 is 0 Å². The van der Waals surface area contributed by atoms with E-state index in [4.69, 9.17) is 4.74 Å². The summed E-state index contributed by atoms with van der Waals surface area (Å²) in [5.41, 5.74) is 3.34. The van der Waals surface area contributed by atoms with E-state index in [1.54, 1.807) is 12.3 Å². The molecule has 0 aliphatic rings. The van der Waals surface area contributed by atoms with Crippen molar-refractivity contribution in [1.29, 1.82) is 0 Å². The lowest BCUT2D eigenvalue weighted by molar-refractivity contribution is -0.142. The lowest BCUT2D eigenvalue weighted by Crippen LogP contribution is -2.07. The number of carbonyl (C=O) groups excluding carboxylic acids is 1. The zero-order valence-corrected chi connectivity index (χ0v) is 12.5. The number of carbonyl (C=O) groups is 1. The van der Waals surface area contributed by atoms with E-state index in [1.807, 2.05) is 0 Å². The van der Waals surface area contributed by atoms with Gasteiger partial charge in [-0.1, -0.05) is 0 Å². The van der Waals surface area contributed by atoms with Crippen LogP contribution in [0.4, 0.5) is 13.9 Å². The average Bonchev–Trinajstić information content (AvgIpc) is 2.89. The van der Waals surface area contributed by atoms with Gasteiger partial charge in [-0.25, -0.2) is 13.8 Å². The molecule has 0 fully saturated rings. The zero-order valence-electron chi connectivity index (χ0n) is 11.7. The van der Waals surface area contributed by atoms with Gasteiger partial charge in [-0.15, -0.1) is 11.3 Å². The molecule has 0 radical (unpaired) electrons. The van der Waals surface area contributed by atoms with Crippen LogP contribution >= 0.6 is 11.3 Å². The van der Waals surface area contributed by atoms with Crippen molar-refractivity contribution in [3.05, 3.63) is 46.5 Å². The van der Waals surface area contributed by atoms with Gasteiger partial charge in [-0.05, 0) is 19.1 Å². The van der Waals surface area contributed by atoms with Crippen molar-refractivity contribution in [2.45, 2.75) is 13.3 Å². The third-order valence-electron chi connectivity index (χ3n) is 2.51. The van der Waals surface area contributed by atoms with Gasteiger partial charge >= 0.3 is 5.97 Å². The molecule has 0 aliphatic heterocycles. The van der Waals surface area contributed by atoms with Gasteiger partial charge in [0.25, 0.3) is 0 Å². The first-order valence-corrected chi connectivity index (χ1v) is 7.30. The summed E-state index contributed by atoms with van der Waals surface area (Å²) in [4.78, 5) is 15.4. The summed E-state index contributed by atoms with van der Waals surface area (Å²) < 4.78 is 30.9. The number of hydrazone groups is 1. The molecule has 0 aliphatic carbocycles. The number of ether oxygens (including phenoxy) is 1. The smallest absolute Gasteiger partial charge is 0.311 e. The van der Waals surface area contributed by atoms with Gasteiger partial charge in [0.2, 0.25) is 5.13 Å². The van der Waals surface area contributed by atoms with Gasteiger partial charge in [-0.2, -0.15) is 5.10 Å². The fraction of sp³-hybridized carbons (Fsp3) is 0.214. The average molecular weight is 325 g/mol. The SMILES string of the molecule is CCOC(=O)Cc1csc(NN=Cc2ccc(F)cc2F)n1. The first-order chi connectivity index (χ1) is 10.6. The van der Waals surface area contributed by atoms with E-state index < -0.39 is 11.6 Å². The van der Waals surface area contributed by atoms with Crippen molar-refractivity contribution < 1.29 is 18.3 Å². The standard InChI is InChI=1S/C14H13F2N3O2S/c1-2-21-13(20)6-11-8-22-14(18-11)19-17-7-9-3-4-10(15)5-12(9)16/h3-5,7-8H,2,6H2,1H3,(H,18,19). The molecule has 1 aromatic heterocycles. The minimum Gasteiger partial charge on any atom is -0.466 e. The summed E-state index contributed by atoms with van der Waals surface area (Å²) in [6.07, 6.45) is 1.31. The second-order valence-corrected chi connectivity index (χ2v) is 5.02. The molecule has 0 bridgehead atoms. The van der Waals surface area contributed by atoms with Gasteiger partial charge in [0.1, 0.15) is 11.6 Å². The normalized spacial score (nSPS) is 10.9. The third-order valence-corrected chi connectivity index (χ3v) is 3.30. The fourth-order valence-corrected chi connectivity index (χ4v) is 2.22. The fourth-order valence-electron chi connectivity index (χ4n) is 1.56. The Hall–Kier alpha value is -2.35. The molecule has 8 heteroatoms. The van der Waals surface area contributed by atoms with Crippen LogP contribution in [-0.2, 0) is 16.0 Å². The molecule has 0 unspecified atom stereocenters. The highest BCUT2D eigenvalue weighted by Crippen LogP contribution is 2.16. The minimum atomic E-state index is -0.701. The highest BCUT2D eigenvalue weighted by molar-refractivity contribution is 7.13. The number of nitrogens with zero attached hydrogens (tertiary/aromatic N) is 2. The molecule has 5 nitrogen and oxygen atoms in total. The van der Waals surface area contributed by atoms with Crippen LogP contribution in [0.2, 0.25) is 0 Å². The topological polar surface area (TPSA) is 63.6 Å². The molecular formula is C14H13F2N3O2S. The summed E-state index contributed by atoms with van der Waals surface area (Å²) in [5, 5.41) is 5.98. The summed E-state index contributed by atoms with van der Waals surface area (Å²) in [7, 11) is 0. The molecule has 1 heterocycles. The van der Waals surface area contributed by atoms with Crippen LogP contribution < -0.4 is 5.43 Å². The van der Waals surface area contributed by atoms with Crippen molar-refractivity contribution in [3.8, 4) is 0 Å². The number of benzene rings is 1. The second kappa shape index (κ2) is 7.60. The number of esters is 1. The molecule has 2 aromatic rings. The molecule has 0 amide bonds. The first-order valence-electron chi connectivity index (χ1n) is 6.42. The van der Waals surface area contributed by atoms with Crippen LogP contribution in [0.1, 0.15) is 18.2 Å².